The number of hydrogen-bond acceptors (Lipinski definition) is 3. The Morgan fingerprint density at radius 3 is 2.57 bits per heavy atom. The summed E-state index contributed by atoms with van der Waals surface area (Å²) in [6.07, 6.45) is 1.80. The average molecular weight is 297 g/mol. The lowest BCUT2D eigenvalue weighted by atomic mass is 10.0. The van der Waals surface area contributed by atoms with Gasteiger partial charge in [-0.15, -0.1) is 0 Å². The van der Waals surface area contributed by atoms with Crippen molar-refractivity contribution in [2.75, 3.05) is 12.9 Å². The highest BCUT2D eigenvalue weighted by Gasteiger charge is 2.18. The molecule has 0 aliphatic heterocycles. The van der Waals surface area contributed by atoms with E-state index in [-0.39, 0.29) is 12.4 Å². The SMILES string of the molecule is CSOCC(=O)c1[nH]c2ccccc2c1-c1ccccc1. The van der Waals surface area contributed by atoms with Gasteiger partial charge in [0.1, 0.15) is 6.61 Å². The molecule has 3 nitrogen and oxygen atoms in total. The number of nitrogens with one attached hydrogen (secondary N) is 1. The van der Waals surface area contributed by atoms with Crippen LogP contribution in [0.3, 0.4) is 0 Å². The molecule has 3 rings (SSSR count). The summed E-state index contributed by atoms with van der Waals surface area (Å²) in [5.41, 5.74) is 3.55. The van der Waals surface area contributed by atoms with Crippen LogP contribution in [0.2, 0.25) is 0 Å². The number of ketones is 1. The normalized spacial score (nSPS) is 10.9. The summed E-state index contributed by atoms with van der Waals surface area (Å²) in [5.74, 6) is -0.0422. The Balaban J connectivity index is 2.17. The Bertz CT molecular complexity index is 765. The Labute approximate surface area is 127 Å². The zero-order chi connectivity index (χ0) is 14.7. The maximum absolute atomic E-state index is 12.4. The van der Waals surface area contributed by atoms with Crippen molar-refractivity contribution in [3.8, 4) is 11.1 Å². The molecule has 1 N–H and O–H groups in total. The van der Waals surface area contributed by atoms with E-state index in [1.807, 2.05) is 54.6 Å². The molecule has 106 valence electrons. The van der Waals surface area contributed by atoms with Crippen LogP contribution in [0.5, 0.6) is 0 Å². The number of hydrogen-bond donors (Lipinski definition) is 1. The summed E-state index contributed by atoms with van der Waals surface area (Å²) < 4.78 is 5.18. The van der Waals surface area contributed by atoms with Crippen LogP contribution < -0.4 is 0 Å². The third-order valence-electron chi connectivity index (χ3n) is 3.36. The van der Waals surface area contributed by atoms with Crippen molar-refractivity contribution in [2.24, 2.45) is 0 Å². The minimum Gasteiger partial charge on any atom is -0.352 e. The molecule has 3 aromatic rings. The standard InChI is InChI=1S/C17H15NO2S/c1-21-20-11-15(19)17-16(12-7-3-2-4-8-12)13-9-5-6-10-14(13)18-17/h2-10,18H,11H2,1H3. The van der Waals surface area contributed by atoms with Crippen molar-refractivity contribution in [1.29, 1.82) is 0 Å². The topological polar surface area (TPSA) is 42.1 Å². The van der Waals surface area contributed by atoms with E-state index in [1.165, 1.54) is 12.0 Å². The van der Waals surface area contributed by atoms with Crippen LogP contribution in [0.15, 0.2) is 54.6 Å². The number of benzene rings is 2. The number of carbonyl (C=O) groups excluding carboxylic acids is 1. The van der Waals surface area contributed by atoms with Crippen LogP contribution in [0.1, 0.15) is 10.5 Å². The van der Waals surface area contributed by atoms with Gasteiger partial charge in [-0.3, -0.25) is 4.79 Å². The quantitative estimate of drug-likeness (QED) is 0.563. The first-order valence-electron chi connectivity index (χ1n) is 6.66. The van der Waals surface area contributed by atoms with Gasteiger partial charge in [0.15, 0.2) is 0 Å². The first kappa shape index (κ1) is 13.9. The summed E-state index contributed by atoms with van der Waals surface area (Å²) >= 11 is 1.20. The van der Waals surface area contributed by atoms with Crippen molar-refractivity contribution < 1.29 is 8.98 Å². The third kappa shape index (κ3) is 2.73. The number of para-hydroxylation sites is 1. The molecule has 4 heteroatoms. The molecular formula is C17H15NO2S. The summed E-state index contributed by atoms with van der Waals surface area (Å²) in [5, 5.41) is 1.05. The van der Waals surface area contributed by atoms with Gasteiger partial charge >= 0.3 is 0 Å². The fourth-order valence-electron chi connectivity index (χ4n) is 2.44. The van der Waals surface area contributed by atoms with E-state index in [4.69, 9.17) is 4.18 Å². The second kappa shape index (κ2) is 6.16. The number of carbonyl (C=O) groups is 1. The Hall–Kier alpha value is -2.04. The van der Waals surface area contributed by atoms with Gasteiger partial charge in [-0.25, -0.2) is 0 Å². The molecule has 2 aromatic carbocycles. The predicted molar refractivity (Wildman–Crippen MR) is 87.5 cm³/mol. The van der Waals surface area contributed by atoms with E-state index in [0.717, 1.165) is 22.0 Å². The molecule has 0 fully saturated rings. The molecule has 0 saturated heterocycles. The number of H-pyrrole nitrogens is 1. The van der Waals surface area contributed by atoms with E-state index < -0.39 is 0 Å². The number of aromatic nitrogens is 1. The minimum absolute atomic E-state index is 0.0422. The molecule has 0 bridgehead atoms. The lowest BCUT2D eigenvalue weighted by Gasteiger charge is -2.04. The number of fused-ring (bicyclic) bond motifs is 1. The highest BCUT2D eigenvalue weighted by Crippen LogP contribution is 2.32. The van der Waals surface area contributed by atoms with Crippen molar-refractivity contribution >= 4 is 28.7 Å². The largest absolute Gasteiger partial charge is 0.352 e. The molecule has 0 saturated carbocycles. The van der Waals surface area contributed by atoms with Gasteiger partial charge < -0.3 is 9.17 Å². The molecule has 0 amide bonds. The third-order valence-corrected chi connectivity index (χ3v) is 3.71. The van der Waals surface area contributed by atoms with Gasteiger partial charge in [-0.1, -0.05) is 48.5 Å². The molecule has 21 heavy (non-hydrogen) atoms. The van der Waals surface area contributed by atoms with E-state index >= 15 is 0 Å². The van der Waals surface area contributed by atoms with E-state index in [0.29, 0.717) is 5.69 Å². The summed E-state index contributed by atoms with van der Waals surface area (Å²) in [4.78, 5) is 15.6. The van der Waals surface area contributed by atoms with Gasteiger partial charge in [0.05, 0.1) is 5.69 Å². The van der Waals surface area contributed by atoms with Gasteiger partial charge in [0.2, 0.25) is 5.78 Å². The highest BCUT2D eigenvalue weighted by atomic mass is 32.2. The van der Waals surface area contributed by atoms with Crippen LogP contribution in [0.4, 0.5) is 0 Å². The monoisotopic (exact) mass is 297 g/mol. The molecule has 1 aromatic heterocycles. The van der Waals surface area contributed by atoms with Gasteiger partial charge in [0, 0.05) is 22.7 Å². The predicted octanol–water partition coefficient (Wildman–Crippen LogP) is 4.31. The highest BCUT2D eigenvalue weighted by molar-refractivity contribution is 7.93. The van der Waals surface area contributed by atoms with Crippen molar-refractivity contribution in [1.82, 2.24) is 4.98 Å². The van der Waals surface area contributed by atoms with Crippen LogP contribution in [-0.2, 0) is 4.18 Å². The summed E-state index contributed by atoms with van der Waals surface area (Å²) in [6.45, 7) is 0.0633. The first-order chi connectivity index (χ1) is 10.3. The summed E-state index contributed by atoms with van der Waals surface area (Å²) in [6, 6.07) is 17.9. The molecule has 0 aliphatic carbocycles. The lowest BCUT2D eigenvalue weighted by Crippen LogP contribution is -2.07. The van der Waals surface area contributed by atoms with E-state index in [1.54, 1.807) is 6.26 Å². The Morgan fingerprint density at radius 1 is 1.10 bits per heavy atom. The van der Waals surface area contributed by atoms with Crippen LogP contribution in [0, 0.1) is 0 Å². The fraction of sp³-hybridized carbons (Fsp3) is 0.118. The minimum atomic E-state index is -0.0422. The second-order valence-electron chi connectivity index (χ2n) is 4.64. The Morgan fingerprint density at radius 2 is 1.81 bits per heavy atom. The molecule has 0 unspecified atom stereocenters. The van der Waals surface area contributed by atoms with Crippen LogP contribution in [-0.4, -0.2) is 23.6 Å². The maximum Gasteiger partial charge on any atom is 0.206 e. The van der Waals surface area contributed by atoms with Gasteiger partial charge in [-0.05, 0) is 23.7 Å². The number of rotatable bonds is 5. The van der Waals surface area contributed by atoms with Gasteiger partial charge in [0.25, 0.3) is 0 Å². The van der Waals surface area contributed by atoms with E-state index in [2.05, 4.69) is 4.98 Å². The Kier molecular flexibility index (Phi) is 4.08. The first-order valence-corrected chi connectivity index (χ1v) is 7.81. The molecule has 0 aliphatic rings. The van der Waals surface area contributed by atoms with Crippen molar-refractivity contribution in [3.05, 3.63) is 60.3 Å². The van der Waals surface area contributed by atoms with Crippen LogP contribution in [0.25, 0.3) is 22.0 Å². The smallest absolute Gasteiger partial charge is 0.206 e. The fourth-order valence-corrected chi connectivity index (χ4v) is 2.67. The van der Waals surface area contributed by atoms with E-state index in [9.17, 15) is 4.79 Å². The second-order valence-corrected chi connectivity index (χ2v) is 5.21. The average Bonchev–Trinajstić information content (AvgIpc) is 2.93. The number of aromatic amines is 1. The lowest BCUT2D eigenvalue weighted by molar-refractivity contribution is 0.0932. The molecule has 1 heterocycles. The molecule has 0 atom stereocenters. The van der Waals surface area contributed by atoms with Crippen molar-refractivity contribution in [3.63, 3.8) is 0 Å². The molecule has 0 spiro atoms. The maximum atomic E-state index is 12.4. The van der Waals surface area contributed by atoms with Crippen LogP contribution >= 0.6 is 12.0 Å². The van der Waals surface area contributed by atoms with Crippen molar-refractivity contribution in [2.45, 2.75) is 0 Å². The zero-order valence-corrected chi connectivity index (χ0v) is 12.4. The molecular weight excluding hydrogens is 282 g/mol. The zero-order valence-electron chi connectivity index (χ0n) is 11.6. The number of Topliss-reactive ketones (excluding diaryl/α,β-unsaturated/α-hetero) is 1. The summed E-state index contributed by atoms with van der Waals surface area (Å²) in [7, 11) is 0. The van der Waals surface area contributed by atoms with Gasteiger partial charge in [-0.2, -0.15) is 0 Å². The molecule has 0 radical (unpaired) electrons.